The Labute approximate surface area is 143 Å². The minimum absolute atomic E-state index is 0.0641. The molecule has 0 radical (unpaired) electrons. The molecule has 1 aliphatic rings. The van der Waals surface area contributed by atoms with E-state index in [0.717, 1.165) is 25.0 Å². The normalized spacial score (nSPS) is 17.4. The van der Waals surface area contributed by atoms with Crippen LogP contribution in [0.2, 0.25) is 10.0 Å². The number of ether oxygens (including phenoxy) is 1. The molecule has 1 amide bonds. The van der Waals surface area contributed by atoms with Gasteiger partial charge in [-0.3, -0.25) is 4.79 Å². The molecule has 1 aromatic carbocycles. The van der Waals surface area contributed by atoms with Crippen LogP contribution in [0.1, 0.15) is 35.0 Å². The fourth-order valence-corrected chi connectivity index (χ4v) is 2.81. The topological polar surface area (TPSA) is 77.2 Å². The lowest BCUT2D eigenvalue weighted by Gasteiger charge is -2.08. The van der Waals surface area contributed by atoms with Crippen LogP contribution in [0.15, 0.2) is 22.6 Å². The maximum absolute atomic E-state index is 12.0. The molecule has 1 fully saturated rings. The molecule has 1 aromatic heterocycles. The van der Waals surface area contributed by atoms with Gasteiger partial charge in [-0.25, -0.2) is 0 Å². The number of nitrogens with one attached hydrogen (secondary N) is 1. The molecular weight excluding hydrogens is 341 g/mol. The zero-order valence-electron chi connectivity index (χ0n) is 12.2. The second kappa shape index (κ2) is 7.29. The SMILES string of the molecule is O=C(NC[C@H]1CCCO1)c1nnc(Cc2ccc(Cl)cc2Cl)o1. The van der Waals surface area contributed by atoms with Crippen LogP contribution in [0.4, 0.5) is 0 Å². The number of aromatic nitrogens is 2. The molecular formula is C15H15Cl2N3O3. The lowest BCUT2D eigenvalue weighted by molar-refractivity contribution is 0.0828. The van der Waals surface area contributed by atoms with Crippen LogP contribution in [0.25, 0.3) is 0 Å². The van der Waals surface area contributed by atoms with E-state index in [9.17, 15) is 4.79 Å². The van der Waals surface area contributed by atoms with E-state index >= 15 is 0 Å². The molecule has 0 spiro atoms. The number of halogens is 2. The molecule has 0 bridgehead atoms. The molecule has 6 nitrogen and oxygen atoms in total. The van der Waals surface area contributed by atoms with Crippen molar-refractivity contribution in [3.8, 4) is 0 Å². The van der Waals surface area contributed by atoms with Crippen LogP contribution in [-0.4, -0.2) is 35.4 Å². The number of hydrogen-bond donors (Lipinski definition) is 1. The zero-order valence-corrected chi connectivity index (χ0v) is 13.7. The first-order valence-electron chi connectivity index (χ1n) is 7.28. The minimum Gasteiger partial charge on any atom is -0.417 e. The van der Waals surface area contributed by atoms with Gasteiger partial charge in [0.2, 0.25) is 5.89 Å². The molecule has 2 aromatic rings. The lowest BCUT2D eigenvalue weighted by Crippen LogP contribution is -2.31. The molecule has 0 aliphatic carbocycles. The summed E-state index contributed by atoms with van der Waals surface area (Å²) in [4.78, 5) is 12.0. The molecule has 0 saturated carbocycles. The van der Waals surface area contributed by atoms with Crippen LogP contribution in [0.5, 0.6) is 0 Å². The van der Waals surface area contributed by atoms with Crippen molar-refractivity contribution in [1.29, 1.82) is 0 Å². The molecule has 1 atom stereocenters. The van der Waals surface area contributed by atoms with Gasteiger partial charge in [0.15, 0.2) is 0 Å². The summed E-state index contributed by atoms with van der Waals surface area (Å²) in [6, 6.07) is 5.16. The summed E-state index contributed by atoms with van der Waals surface area (Å²) in [5.74, 6) is -0.152. The first-order valence-corrected chi connectivity index (χ1v) is 8.03. The van der Waals surface area contributed by atoms with Gasteiger partial charge >= 0.3 is 11.8 Å². The summed E-state index contributed by atoms with van der Waals surface area (Å²) in [6.07, 6.45) is 2.37. The van der Waals surface area contributed by atoms with Crippen LogP contribution < -0.4 is 5.32 Å². The number of carbonyl (C=O) groups excluding carboxylic acids is 1. The summed E-state index contributed by atoms with van der Waals surface area (Å²) in [5, 5.41) is 11.4. The highest BCUT2D eigenvalue weighted by Crippen LogP contribution is 2.23. The summed E-state index contributed by atoms with van der Waals surface area (Å²) in [5.41, 5.74) is 0.797. The summed E-state index contributed by atoms with van der Waals surface area (Å²) in [6.45, 7) is 1.19. The van der Waals surface area contributed by atoms with E-state index in [1.165, 1.54) is 0 Å². The number of hydrogen-bond acceptors (Lipinski definition) is 5. The molecule has 1 aliphatic heterocycles. The molecule has 0 unspecified atom stereocenters. The second-order valence-electron chi connectivity index (χ2n) is 5.26. The molecule has 8 heteroatoms. The Balaban J connectivity index is 1.59. The third kappa shape index (κ3) is 4.22. The van der Waals surface area contributed by atoms with Crippen molar-refractivity contribution in [1.82, 2.24) is 15.5 Å². The van der Waals surface area contributed by atoms with Crippen LogP contribution in [-0.2, 0) is 11.2 Å². The monoisotopic (exact) mass is 355 g/mol. The van der Waals surface area contributed by atoms with Crippen LogP contribution in [0.3, 0.4) is 0 Å². The van der Waals surface area contributed by atoms with Gasteiger partial charge in [-0.1, -0.05) is 29.3 Å². The maximum Gasteiger partial charge on any atom is 0.308 e. The van der Waals surface area contributed by atoms with E-state index in [2.05, 4.69) is 15.5 Å². The predicted octanol–water partition coefficient (Wildman–Crippen LogP) is 2.88. The van der Waals surface area contributed by atoms with E-state index in [4.69, 9.17) is 32.4 Å². The Kier molecular flexibility index (Phi) is 5.15. The number of rotatable bonds is 5. The van der Waals surface area contributed by atoms with Gasteiger partial charge in [-0.2, -0.15) is 0 Å². The zero-order chi connectivity index (χ0) is 16.2. The highest BCUT2D eigenvalue weighted by Gasteiger charge is 2.20. The van der Waals surface area contributed by atoms with Gasteiger partial charge in [-0.05, 0) is 30.5 Å². The van der Waals surface area contributed by atoms with Crippen molar-refractivity contribution in [2.75, 3.05) is 13.2 Å². The van der Waals surface area contributed by atoms with Gasteiger partial charge in [0.1, 0.15) is 0 Å². The van der Waals surface area contributed by atoms with E-state index in [1.807, 2.05) is 0 Å². The average Bonchev–Trinajstić information content (AvgIpc) is 3.19. The maximum atomic E-state index is 12.0. The number of amides is 1. The van der Waals surface area contributed by atoms with E-state index in [1.54, 1.807) is 18.2 Å². The molecule has 23 heavy (non-hydrogen) atoms. The molecule has 2 heterocycles. The average molecular weight is 356 g/mol. The van der Waals surface area contributed by atoms with Gasteiger partial charge in [0, 0.05) is 23.2 Å². The second-order valence-corrected chi connectivity index (χ2v) is 6.10. The minimum atomic E-state index is -0.401. The molecule has 122 valence electrons. The van der Waals surface area contributed by atoms with Crippen molar-refractivity contribution in [2.24, 2.45) is 0 Å². The van der Waals surface area contributed by atoms with Crippen molar-refractivity contribution in [3.05, 3.63) is 45.6 Å². The Morgan fingerprint density at radius 2 is 2.22 bits per heavy atom. The smallest absolute Gasteiger partial charge is 0.308 e. The Bertz CT molecular complexity index is 699. The number of nitrogens with zero attached hydrogens (tertiary/aromatic N) is 2. The highest BCUT2D eigenvalue weighted by molar-refractivity contribution is 6.35. The fourth-order valence-electron chi connectivity index (χ4n) is 2.33. The van der Waals surface area contributed by atoms with Gasteiger partial charge in [-0.15, -0.1) is 10.2 Å². The first kappa shape index (κ1) is 16.2. The number of carbonyl (C=O) groups is 1. The molecule has 1 N–H and O–H groups in total. The Hall–Kier alpha value is -1.63. The fraction of sp³-hybridized carbons (Fsp3) is 0.400. The first-order chi connectivity index (χ1) is 11.1. The largest absolute Gasteiger partial charge is 0.417 e. The van der Waals surface area contributed by atoms with Crippen LogP contribution in [0, 0.1) is 0 Å². The van der Waals surface area contributed by atoms with Crippen molar-refractivity contribution in [3.63, 3.8) is 0 Å². The summed E-state index contributed by atoms with van der Waals surface area (Å²) >= 11 is 12.0. The summed E-state index contributed by atoms with van der Waals surface area (Å²) < 4.78 is 10.8. The van der Waals surface area contributed by atoms with Crippen molar-refractivity contribution < 1.29 is 13.9 Å². The van der Waals surface area contributed by atoms with E-state index in [-0.39, 0.29) is 12.0 Å². The van der Waals surface area contributed by atoms with E-state index < -0.39 is 5.91 Å². The Morgan fingerprint density at radius 3 is 2.96 bits per heavy atom. The van der Waals surface area contributed by atoms with Gasteiger partial charge < -0.3 is 14.5 Å². The third-order valence-corrected chi connectivity index (χ3v) is 4.12. The molecule has 3 rings (SSSR count). The van der Waals surface area contributed by atoms with Crippen molar-refractivity contribution in [2.45, 2.75) is 25.4 Å². The van der Waals surface area contributed by atoms with Crippen molar-refractivity contribution >= 4 is 29.1 Å². The standard InChI is InChI=1S/C15H15Cl2N3O3/c16-10-4-3-9(12(17)7-10)6-13-19-20-15(23-13)14(21)18-8-11-2-1-5-22-11/h3-4,7,11H,1-2,5-6,8H2,(H,18,21)/t11-/m1/s1. The molecule has 1 saturated heterocycles. The summed E-state index contributed by atoms with van der Waals surface area (Å²) in [7, 11) is 0. The Morgan fingerprint density at radius 1 is 1.35 bits per heavy atom. The number of benzene rings is 1. The lowest BCUT2D eigenvalue weighted by atomic mass is 10.1. The quantitative estimate of drug-likeness (QED) is 0.892. The van der Waals surface area contributed by atoms with E-state index in [0.29, 0.717) is 28.9 Å². The van der Waals surface area contributed by atoms with Gasteiger partial charge in [0.25, 0.3) is 0 Å². The predicted molar refractivity (Wildman–Crippen MR) is 84.9 cm³/mol. The van der Waals surface area contributed by atoms with Crippen LogP contribution >= 0.6 is 23.2 Å². The van der Waals surface area contributed by atoms with Gasteiger partial charge in [0.05, 0.1) is 12.5 Å². The third-order valence-electron chi connectivity index (χ3n) is 3.53. The highest BCUT2D eigenvalue weighted by atomic mass is 35.5.